The average Bonchev–Trinajstić information content (AvgIpc) is 3.26. The fourth-order valence-corrected chi connectivity index (χ4v) is 7.02. The minimum atomic E-state index is 0.172. The zero-order valence-electron chi connectivity index (χ0n) is 17.0. The molecule has 0 unspecified atom stereocenters. The van der Waals surface area contributed by atoms with Gasteiger partial charge in [-0.1, -0.05) is 12.1 Å². The number of rotatable bonds is 4. The molecule has 152 valence electrons. The lowest BCUT2D eigenvalue weighted by Crippen LogP contribution is -2.34. The van der Waals surface area contributed by atoms with Gasteiger partial charge in [0.25, 0.3) is 0 Å². The number of likely N-dealkylation sites (tertiary alicyclic amines) is 1. The average molecular weight is 425 g/mol. The second kappa shape index (κ2) is 8.21. The quantitative estimate of drug-likeness (QED) is 0.560. The zero-order valence-corrected chi connectivity index (χ0v) is 18.6. The summed E-state index contributed by atoms with van der Waals surface area (Å²) in [5.41, 5.74) is 4.00. The van der Waals surface area contributed by atoms with Crippen molar-refractivity contribution in [1.82, 2.24) is 4.90 Å². The van der Waals surface area contributed by atoms with Crippen molar-refractivity contribution < 1.29 is 4.79 Å². The summed E-state index contributed by atoms with van der Waals surface area (Å²) in [4.78, 5) is 17.2. The van der Waals surface area contributed by atoms with E-state index in [2.05, 4.69) is 46.8 Å². The molecule has 0 saturated carbocycles. The largest absolute Gasteiger partial charge is 0.325 e. The molecule has 29 heavy (non-hydrogen) atoms. The third-order valence-electron chi connectivity index (χ3n) is 6.40. The van der Waals surface area contributed by atoms with Crippen molar-refractivity contribution in [3.63, 3.8) is 0 Å². The molecule has 2 aliphatic heterocycles. The Morgan fingerprint density at radius 3 is 2.90 bits per heavy atom. The highest BCUT2D eigenvalue weighted by Crippen LogP contribution is 2.37. The third kappa shape index (κ3) is 4.14. The van der Waals surface area contributed by atoms with Gasteiger partial charge in [-0.25, -0.2) is 0 Å². The molecule has 0 aliphatic carbocycles. The van der Waals surface area contributed by atoms with Crippen LogP contribution in [0.5, 0.6) is 0 Å². The SMILES string of the molecule is Cc1ccc2c(C3CCN(CCc4cc5c(s4)CCCC(=O)N5)CC3)csc2c1. The van der Waals surface area contributed by atoms with Gasteiger partial charge in [0.05, 0.1) is 5.69 Å². The molecule has 1 fully saturated rings. The number of hydrogen-bond acceptors (Lipinski definition) is 4. The van der Waals surface area contributed by atoms with E-state index in [9.17, 15) is 4.79 Å². The summed E-state index contributed by atoms with van der Waals surface area (Å²) in [7, 11) is 0. The second-order valence-electron chi connectivity index (χ2n) is 8.51. The van der Waals surface area contributed by atoms with Gasteiger partial charge in [-0.05, 0) is 92.1 Å². The lowest BCUT2D eigenvalue weighted by molar-refractivity contribution is -0.116. The summed E-state index contributed by atoms with van der Waals surface area (Å²) in [5.74, 6) is 0.877. The Bertz CT molecular complexity index is 1030. The smallest absolute Gasteiger partial charge is 0.224 e. The number of hydrogen-bond donors (Lipinski definition) is 1. The van der Waals surface area contributed by atoms with Crippen molar-refractivity contribution in [2.45, 2.75) is 51.4 Å². The first kappa shape index (κ1) is 19.3. The molecule has 0 atom stereocenters. The molecule has 1 amide bonds. The maximum Gasteiger partial charge on any atom is 0.224 e. The molecule has 3 aromatic rings. The second-order valence-corrected chi connectivity index (χ2v) is 10.6. The number of carbonyl (C=O) groups excluding carboxylic acids is 1. The van der Waals surface area contributed by atoms with Crippen LogP contribution in [0.3, 0.4) is 0 Å². The third-order valence-corrected chi connectivity index (χ3v) is 8.62. The van der Waals surface area contributed by atoms with E-state index in [1.807, 2.05) is 22.7 Å². The highest BCUT2D eigenvalue weighted by atomic mass is 32.1. The fraction of sp³-hybridized carbons (Fsp3) is 0.458. The number of thiophene rings is 2. The molecular weight excluding hydrogens is 396 g/mol. The Kier molecular flexibility index (Phi) is 5.46. The minimum absolute atomic E-state index is 0.172. The van der Waals surface area contributed by atoms with E-state index in [0.29, 0.717) is 12.3 Å². The standard InChI is InChI=1S/C24H28N2OS2/c1-16-5-6-19-20(15-28-23(19)13-16)17-7-10-26(11-8-17)12-9-18-14-21-22(29-18)3-2-4-24(27)25-21/h5-6,13-15,17H,2-4,7-12H2,1H3,(H,25,27). The maximum absolute atomic E-state index is 11.8. The first-order valence-electron chi connectivity index (χ1n) is 10.8. The first-order valence-corrected chi connectivity index (χ1v) is 12.5. The van der Waals surface area contributed by atoms with Gasteiger partial charge in [-0.15, -0.1) is 22.7 Å². The van der Waals surface area contributed by atoms with Gasteiger partial charge in [-0.2, -0.15) is 0 Å². The number of piperidine rings is 1. The van der Waals surface area contributed by atoms with Crippen LogP contribution in [-0.4, -0.2) is 30.4 Å². The van der Waals surface area contributed by atoms with Gasteiger partial charge in [0.1, 0.15) is 0 Å². The summed E-state index contributed by atoms with van der Waals surface area (Å²) in [5, 5.41) is 6.95. The molecule has 1 saturated heterocycles. The van der Waals surface area contributed by atoms with Gasteiger partial charge in [0, 0.05) is 27.4 Å². The van der Waals surface area contributed by atoms with Gasteiger partial charge >= 0.3 is 0 Å². The lowest BCUT2D eigenvalue weighted by atomic mass is 9.89. The Hall–Kier alpha value is -1.69. The Morgan fingerprint density at radius 1 is 1.17 bits per heavy atom. The molecule has 5 heteroatoms. The summed E-state index contributed by atoms with van der Waals surface area (Å²) < 4.78 is 1.44. The fourth-order valence-electron chi connectivity index (χ4n) is 4.73. The highest BCUT2D eigenvalue weighted by Gasteiger charge is 2.23. The van der Waals surface area contributed by atoms with Crippen LogP contribution < -0.4 is 5.32 Å². The summed E-state index contributed by atoms with van der Waals surface area (Å²) in [6.45, 7) is 5.69. The summed E-state index contributed by atoms with van der Waals surface area (Å²) in [6.07, 6.45) is 6.29. The van der Waals surface area contributed by atoms with E-state index in [4.69, 9.17) is 0 Å². The predicted molar refractivity (Wildman–Crippen MR) is 125 cm³/mol. The minimum Gasteiger partial charge on any atom is -0.325 e. The van der Waals surface area contributed by atoms with E-state index < -0.39 is 0 Å². The lowest BCUT2D eigenvalue weighted by Gasteiger charge is -2.31. The predicted octanol–water partition coefficient (Wildman–Crippen LogP) is 5.97. The zero-order chi connectivity index (χ0) is 19.8. The van der Waals surface area contributed by atoms with Crippen LogP contribution in [0.1, 0.15) is 52.5 Å². The van der Waals surface area contributed by atoms with Crippen molar-refractivity contribution >= 4 is 44.4 Å². The van der Waals surface area contributed by atoms with Crippen LogP contribution in [0.4, 0.5) is 5.69 Å². The number of amides is 1. The number of carbonyl (C=O) groups is 1. The van der Waals surface area contributed by atoms with Crippen molar-refractivity contribution in [2.24, 2.45) is 0 Å². The molecule has 2 aromatic heterocycles. The molecule has 0 radical (unpaired) electrons. The van der Waals surface area contributed by atoms with Crippen molar-refractivity contribution in [3.8, 4) is 0 Å². The van der Waals surface area contributed by atoms with Crippen LogP contribution in [-0.2, 0) is 17.6 Å². The van der Waals surface area contributed by atoms with Gasteiger partial charge in [0.2, 0.25) is 5.91 Å². The molecule has 0 spiro atoms. The molecule has 1 aromatic carbocycles. The number of nitrogens with zero attached hydrogens (tertiary/aromatic N) is 1. The number of anilines is 1. The van der Waals surface area contributed by atoms with Crippen LogP contribution in [0.15, 0.2) is 29.6 Å². The number of aryl methyl sites for hydroxylation is 2. The molecule has 0 bridgehead atoms. The number of fused-ring (bicyclic) bond motifs is 2. The molecule has 1 N–H and O–H groups in total. The van der Waals surface area contributed by atoms with Crippen LogP contribution in [0, 0.1) is 6.92 Å². The Balaban J connectivity index is 1.17. The van der Waals surface area contributed by atoms with Crippen molar-refractivity contribution in [1.29, 1.82) is 0 Å². The summed E-state index contributed by atoms with van der Waals surface area (Å²) in [6, 6.07) is 9.11. The van der Waals surface area contributed by atoms with E-state index in [1.54, 1.807) is 5.56 Å². The van der Waals surface area contributed by atoms with Gasteiger partial charge in [-0.3, -0.25) is 4.79 Å². The topological polar surface area (TPSA) is 32.3 Å². The van der Waals surface area contributed by atoms with Gasteiger partial charge in [0.15, 0.2) is 0 Å². The molecule has 2 aliphatic rings. The molecule has 5 rings (SSSR count). The maximum atomic E-state index is 11.8. The normalized spacial score (nSPS) is 18.6. The van der Waals surface area contributed by atoms with Crippen molar-refractivity contribution in [2.75, 3.05) is 25.0 Å². The Labute approximate surface area is 180 Å². The van der Waals surface area contributed by atoms with Crippen LogP contribution >= 0.6 is 22.7 Å². The van der Waals surface area contributed by atoms with Crippen LogP contribution in [0.2, 0.25) is 0 Å². The van der Waals surface area contributed by atoms with Crippen molar-refractivity contribution in [3.05, 3.63) is 50.5 Å². The number of benzene rings is 1. The van der Waals surface area contributed by atoms with E-state index in [1.165, 1.54) is 51.3 Å². The molecule has 4 heterocycles. The van der Waals surface area contributed by atoms with E-state index >= 15 is 0 Å². The summed E-state index contributed by atoms with van der Waals surface area (Å²) >= 11 is 3.80. The van der Waals surface area contributed by atoms with Crippen LogP contribution in [0.25, 0.3) is 10.1 Å². The highest BCUT2D eigenvalue weighted by molar-refractivity contribution is 7.17. The first-order chi connectivity index (χ1) is 14.2. The molecule has 3 nitrogen and oxygen atoms in total. The van der Waals surface area contributed by atoms with E-state index in [0.717, 1.165) is 31.5 Å². The number of nitrogens with one attached hydrogen (secondary N) is 1. The monoisotopic (exact) mass is 424 g/mol. The van der Waals surface area contributed by atoms with E-state index in [-0.39, 0.29) is 5.91 Å². The molecular formula is C24H28N2OS2. The Morgan fingerprint density at radius 2 is 2.03 bits per heavy atom. The van der Waals surface area contributed by atoms with Gasteiger partial charge < -0.3 is 10.2 Å².